The molecule has 0 N–H and O–H groups in total. The molecule has 0 aromatic heterocycles. The Morgan fingerprint density at radius 1 is 0.870 bits per heavy atom. The molecule has 0 spiro atoms. The van der Waals surface area contributed by atoms with E-state index in [4.69, 9.17) is 5.26 Å². The number of benzene rings is 1. The van der Waals surface area contributed by atoms with E-state index in [9.17, 15) is 0 Å². The minimum atomic E-state index is 1.22. The Kier molecular flexibility index (Phi) is 13.8. The summed E-state index contributed by atoms with van der Waals surface area (Å²) in [6, 6.07) is 11.1. The molecule has 0 aliphatic heterocycles. The molecule has 0 radical (unpaired) electrons. The topological polar surface area (TPSA) is 23.8 Å². The van der Waals surface area contributed by atoms with Gasteiger partial charge in [-0.05, 0) is 19.3 Å². The normalized spacial score (nSPS) is 10.5. The summed E-state index contributed by atoms with van der Waals surface area (Å²) in [6.45, 7) is 12.2. The van der Waals surface area contributed by atoms with Gasteiger partial charge in [0, 0.05) is 5.56 Å². The van der Waals surface area contributed by atoms with E-state index in [1.807, 2.05) is 0 Å². The van der Waals surface area contributed by atoms with Crippen molar-refractivity contribution in [3.63, 3.8) is 0 Å². The first-order valence-electron chi connectivity index (χ1n) is 9.08. The highest BCUT2D eigenvalue weighted by molar-refractivity contribution is 7.64. The van der Waals surface area contributed by atoms with Gasteiger partial charge in [0.15, 0.2) is 0 Å². The fourth-order valence-electron chi connectivity index (χ4n) is 3.02. The maximum absolute atomic E-state index is 7.13. The summed E-state index contributed by atoms with van der Waals surface area (Å²) in [5.41, 5.74) is 1.51. The quantitative estimate of drug-likeness (QED) is 0.306. The number of nitriles is 1. The zero-order valence-corrected chi connectivity index (χ0v) is 16.1. The number of thiocyanates is 1. The first-order chi connectivity index (χ1) is 11.2. The summed E-state index contributed by atoms with van der Waals surface area (Å²) in [5, 5.41) is 8.47. The van der Waals surface area contributed by atoms with Gasteiger partial charge in [-0.2, -0.15) is 0 Å². The molecular weight excluding hydrogens is 300 g/mol. The molecule has 23 heavy (non-hydrogen) atoms. The third kappa shape index (κ3) is 10.3. The number of nitrogens with zero attached hydrogens (tertiary/aromatic N) is 2. The molecule has 0 saturated carbocycles. The van der Waals surface area contributed by atoms with Crippen LogP contribution < -0.4 is 0 Å². The molecule has 1 aromatic carbocycles. The summed E-state index contributed by atoms with van der Waals surface area (Å²) < 4.78 is 1.31. The molecule has 0 amide bonds. The van der Waals surface area contributed by atoms with Crippen LogP contribution in [0.15, 0.2) is 30.3 Å². The first-order valence-corrected chi connectivity index (χ1v) is 9.49. The van der Waals surface area contributed by atoms with Crippen LogP contribution in [0, 0.1) is 10.7 Å². The van der Waals surface area contributed by atoms with Crippen LogP contribution in [-0.2, 0) is 19.2 Å². The van der Waals surface area contributed by atoms with Gasteiger partial charge in [-0.3, -0.25) is 0 Å². The highest BCUT2D eigenvalue weighted by Crippen LogP contribution is 2.19. The fraction of sp³-hybridized carbons (Fsp3) is 0.650. The predicted molar refractivity (Wildman–Crippen MR) is 103 cm³/mol. The van der Waals surface area contributed by atoms with Crippen LogP contribution in [0.3, 0.4) is 0 Å². The van der Waals surface area contributed by atoms with Crippen LogP contribution in [0.5, 0.6) is 0 Å². The molecule has 0 heterocycles. The van der Waals surface area contributed by atoms with Gasteiger partial charge in [0.2, 0.25) is 0 Å². The molecule has 0 atom stereocenters. The van der Waals surface area contributed by atoms with Gasteiger partial charge >= 0.3 is 0 Å². The Bertz CT molecular complexity index is 390. The molecule has 0 saturated heterocycles. The van der Waals surface area contributed by atoms with Crippen molar-refractivity contribution in [2.24, 2.45) is 0 Å². The molecule has 130 valence electrons. The van der Waals surface area contributed by atoms with Crippen LogP contribution >= 0.6 is 0 Å². The minimum Gasteiger partial charge on any atom is -0.696 e. The van der Waals surface area contributed by atoms with Crippen LogP contribution in [0.25, 0.3) is 0 Å². The number of hydrogen-bond donors (Lipinski definition) is 0. The average Bonchev–Trinajstić information content (AvgIpc) is 2.58. The van der Waals surface area contributed by atoms with E-state index in [1.54, 1.807) is 0 Å². The summed E-state index contributed by atoms with van der Waals surface area (Å²) in [7, 11) is 0. The van der Waals surface area contributed by atoms with Crippen molar-refractivity contribution in [1.29, 1.82) is 5.26 Å². The minimum absolute atomic E-state index is 1.22. The smallest absolute Gasteiger partial charge is 0.104 e. The molecule has 0 fully saturated rings. The number of hydrogen-bond acceptors (Lipinski definition) is 2. The van der Waals surface area contributed by atoms with Crippen LogP contribution in [-0.4, -0.2) is 24.1 Å². The monoisotopic (exact) mass is 334 g/mol. The van der Waals surface area contributed by atoms with Crippen LogP contribution in [0.1, 0.15) is 64.9 Å². The summed E-state index contributed by atoms with van der Waals surface area (Å²) in [5.74, 6) is 0. The third-order valence-corrected chi connectivity index (χ3v) is 4.32. The van der Waals surface area contributed by atoms with E-state index in [2.05, 4.69) is 63.7 Å². The molecule has 1 rings (SSSR count). The maximum Gasteiger partial charge on any atom is 0.104 e. The highest BCUT2D eigenvalue weighted by atomic mass is 32.1. The van der Waals surface area contributed by atoms with E-state index >= 15 is 0 Å². The van der Waals surface area contributed by atoms with E-state index in [-0.39, 0.29) is 0 Å². The van der Waals surface area contributed by atoms with Gasteiger partial charge in [-0.1, -0.05) is 75.8 Å². The van der Waals surface area contributed by atoms with Gasteiger partial charge in [-0.15, -0.1) is 0 Å². The lowest BCUT2D eigenvalue weighted by atomic mass is 10.1. The molecular formula is C20H34N2S. The SMILES string of the molecule is CCCC[N+](CCCC)(CCCC)Cc1ccccc1.N#C[S-]. The summed E-state index contributed by atoms with van der Waals surface area (Å²) >= 11 is 3.70. The molecule has 0 unspecified atom stereocenters. The lowest BCUT2D eigenvalue weighted by Crippen LogP contribution is -2.49. The second kappa shape index (κ2) is 14.5. The second-order valence-electron chi connectivity index (χ2n) is 6.31. The van der Waals surface area contributed by atoms with Crippen molar-refractivity contribution in [2.75, 3.05) is 19.6 Å². The Hall–Kier alpha value is -1.11. The molecule has 1 aromatic rings. The number of rotatable bonds is 11. The van der Waals surface area contributed by atoms with E-state index in [1.165, 1.54) is 80.2 Å². The van der Waals surface area contributed by atoms with Crippen molar-refractivity contribution in [2.45, 2.75) is 65.8 Å². The Labute approximate surface area is 149 Å². The van der Waals surface area contributed by atoms with Gasteiger partial charge in [0.1, 0.15) is 6.54 Å². The lowest BCUT2D eigenvalue weighted by Gasteiger charge is -2.39. The van der Waals surface area contributed by atoms with Crippen molar-refractivity contribution < 1.29 is 4.48 Å². The summed E-state index contributed by atoms with van der Waals surface area (Å²) in [6.07, 6.45) is 8.02. The van der Waals surface area contributed by atoms with Crippen molar-refractivity contribution in [3.8, 4) is 5.40 Å². The largest absolute Gasteiger partial charge is 0.696 e. The summed E-state index contributed by atoms with van der Waals surface area (Å²) in [4.78, 5) is 0. The van der Waals surface area contributed by atoms with E-state index in [0.717, 1.165) is 0 Å². The van der Waals surface area contributed by atoms with E-state index < -0.39 is 0 Å². The molecule has 3 heteroatoms. The highest BCUT2D eigenvalue weighted by Gasteiger charge is 2.25. The zero-order chi connectivity index (χ0) is 17.4. The number of unbranched alkanes of at least 4 members (excludes halogenated alkanes) is 3. The van der Waals surface area contributed by atoms with Crippen molar-refractivity contribution in [1.82, 2.24) is 0 Å². The standard InChI is InChI=1S/C19H34N.CHNS/c1-4-7-15-20(16-8-5-2,17-9-6-3)18-19-13-11-10-12-14-19;2-1-3/h10-14H,4-9,15-18H2,1-3H3;3H/q+1;/p-1. The number of quaternary nitrogens is 1. The fourth-order valence-corrected chi connectivity index (χ4v) is 3.02. The van der Waals surface area contributed by atoms with Gasteiger partial charge < -0.3 is 17.1 Å². The molecule has 0 aliphatic carbocycles. The predicted octanol–water partition coefficient (Wildman–Crippen LogP) is 5.42. The lowest BCUT2D eigenvalue weighted by molar-refractivity contribution is -0.941. The molecule has 0 bridgehead atoms. The average molecular weight is 335 g/mol. The van der Waals surface area contributed by atoms with Gasteiger partial charge in [0.05, 0.1) is 19.6 Å². The molecule has 0 aliphatic rings. The maximum atomic E-state index is 7.13. The van der Waals surface area contributed by atoms with Crippen LogP contribution in [0.2, 0.25) is 0 Å². The molecule has 2 nitrogen and oxygen atoms in total. The van der Waals surface area contributed by atoms with Gasteiger partial charge in [0.25, 0.3) is 0 Å². The zero-order valence-electron chi connectivity index (χ0n) is 15.3. The first kappa shape index (κ1) is 21.9. The van der Waals surface area contributed by atoms with E-state index in [0.29, 0.717) is 0 Å². The van der Waals surface area contributed by atoms with Crippen molar-refractivity contribution in [3.05, 3.63) is 35.9 Å². The Morgan fingerprint density at radius 2 is 1.26 bits per heavy atom. The third-order valence-electron chi connectivity index (χ3n) is 4.32. The second-order valence-corrected chi connectivity index (χ2v) is 6.49. The van der Waals surface area contributed by atoms with Crippen LogP contribution in [0.4, 0.5) is 0 Å². The van der Waals surface area contributed by atoms with Gasteiger partial charge in [-0.25, -0.2) is 5.26 Å². The Morgan fingerprint density at radius 3 is 1.61 bits per heavy atom. The Balaban J connectivity index is 0.00000149. The van der Waals surface area contributed by atoms with Crippen molar-refractivity contribution >= 4 is 12.6 Å².